The lowest BCUT2D eigenvalue weighted by atomic mass is 10.1. The Morgan fingerprint density at radius 3 is 2.48 bits per heavy atom. The highest BCUT2D eigenvalue weighted by Crippen LogP contribution is 2.27. The molecule has 1 aromatic heterocycles. The van der Waals surface area contributed by atoms with Crippen molar-refractivity contribution in [3.63, 3.8) is 0 Å². The van der Waals surface area contributed by atoms with Gasteiger partial charge in [-0.2, -0.15) is 5.10 Å². The summed E-state index contributed by atoms with van der Waals surface area (Å²) in [5.41, 5.74) is 5.15. The molecule has 3 aromatic rings. The predicted molar refractivity (Wildman–Crippen MR) is 125 cm³/mol. The number of hydrogen-bond acceptors (Lipinski definition) is 3. The molecule has 2 aromatic carbocycles. The minimum absolute atomic E-state index is 0.0903. The molecular formula is C24H27ClN4O2. The van der Waals surface area contributed by atoms with E-state index in [0.29, 0.717) is 29.2 Å². The van der Waals surface area contributed by atoms with Gasteiger partial charge in [-0.1, -0.05) is 41.4 Å². The van der Waals surface area contributed by atoms with Crippen LogP contribution in [0, 0.1) is 20.8 Å². The standard InChI is InChI=1S/C24H27ClN4O2/c1-15-6-5-7-19(12-15)8-11-23(30)26-20-9-10-22(21(25)14-20)27-24(31)18(4)29-17(3)13-16(2)28-29/h5-7,9-10,12-14,18H,8,11H2,1-4H3,(H,26,30)(H,27,31). The van der Waals surface area contributed by atoms with Crippen molar-refractivity contribution in [2.24, 2.45) is 0 Å². The number of benzene rings is 2. The van der Waals surface area contributed by atoms with E-state index in [0.717, 1.165) is 17.0 Å². The number of halogens is 1. The maximum Gasteiger partial charge on any atom is 0.248 e. The summed E-state index contributed by atoms with van der Waals surface area (Å²) in [6.07, 6.45) is 1.04. The van der Waals surface area contributed by atoms with Gasteiger partial charge in [-0.3, -0.25) is 14.3 Å². The molecule has 2 amide bonds. The SMILES string of the molecule is Cc1cccc(CCC(=O)Nc2ccc(NC(=O)C(C)n3nc(C)cc3C)c(Cl)c2)c1. The van der Waals surface area contributed by atoms with Gasteiger partial charge in [-0.15, -0.1) is 0 Å². The Morgan fingerprint density at radius 1 is 1.06 bits per heavy atom. The van der Waals surface area contributed by atoms with E-state index in [1.54, 1.807) is 29.8 Å². The van der Waals surface area contributed by atoms with Gasteiger partial charge in [0.2, 0.25) is 11.8 Å². The average molecular weight is 439 g/mol. The molecule has 0 aliphatic carbocycles. The van der Waals surface area contributed by atoms with Gasteiger partial charge in [0.05, 0.1) is 16.4 Å². The molecule has 7 heteroatoms. The van der Waals surface area contributed by atoms with Crippen molar-refractivity contribution in [3.8, 4) is 0 Å². The van der Waals surface area contributed by atoms with Gasteiger partial charge in [-0.25, -0.2) is 0 Å². The molecule has 3 rings (SSSR count). The minimum atomic E-state index is -0.481. The minimum Gasteiger partial charge on any atom is -0.326 e. The summed E-state index contributed by atoms with van der Waals surface area (Å²) in [6.45, 7) is 7.61. The Morgan fingerprint density at radius 2 is 1.84 bits per heavy atom. The summed E-state index contributed by atoms with van der Waals surface area (Å²) in [4.78, 5) is 24.9. The predicted octanol–water partition coefficient (Wildman–Crippen LogP) is 5.23. The van der Waals surface area contributed by atoms with Crippen molar-refractivity contribution in [2.45, 2.75) is 46.6 Å². The van der Waals surface area contributed by atoms with E-state index in [2.05, 4.69) is 21.8 Å². The number of hydrogen-bond donors (Lipinski definition) is 2. The van der Waals surface area contributed by atoms with Crippen LogP contribution in [0.2, 0.25) is 5.02 Å². The molecule has 0 fully saturated rings. The Labute approximate surface area is 187 Å². The largest absolute Gasteiger partial charge is 0.326 e. The second kappa shape index (κ2) is 9.79. The van der Waals surface area contributed by atoms with Crippen LogP contribution in [0.15, 0.2) is 48.5 Å². The molecule has 6 nitrogen and oxygen atoms in total. The zero-order chi connectivity index (χ0) is 22.5. The number of nitrogens with zero attached hydrogens (tertiary/aromatic N) is 2. The third-order valence-electron chi connectivity index (χ3n) is 5.02. The van der Waals surface area contributed by atoms with Gasteiger partial charge >= 0.3 is 0 Å². The van der Waals surface area contributed by atoms with E-state index in [1.165, 1.54) is 5.56 Å². The van der Waals surface area contributed by atoms with Gasteiger partial charge in [-0.05, 0) is 63.9 Å². The molecule has 2 N–H and O–H groups in total. The first-order valence-electron chi connectivity index (χ1n) is 10.2. The van der Waals surface area contributed by atoms with Crippen LogP contribution in [0.4, 0.5) is 11.4 Å². The van der Waals surface area contributed by atoms with Gasteiger partial charge in [0.15, 0.2) is 0 Å². The number of amides is 2. The molecular weight excluding hydrogens is 412 g/mol. The summed E-state index contributed by atoms with van der Waals surface area (Å²) < 4.78 is 1.68. The third kappa shape index (κ3) is 5.95. The second-order valence-electron chi connectivity index (χ2n) is 7.77. The fourth-order valence-corrected chi connectivity index (χ4v) is 3.66. The number of anilines is 2. The Balaban J connectivity index is 1.58. The maximum absolute atomic E-state index is 12.6. The van der Waals surface area contributed by atoms with Crippen LogP contribution in [0.3, 0.4) is 0 Å². The summed E-state index contributed by atoms with van der Waals surface area (Å²) in [5, 5.41) is 10.4. The quantitative estimate of drug-likeness (QED) is 0.530. The number of carbonyl (C=O) groups is 2. The van der Waals surface area contributed by atoms with Crippen LogP contribution in [0.1, 0.15) is 41.9 Å². The highest BCUT2D eigenvalue weighted by Gasteiger charge is 2.19. The molecule has 0 saturated carbocycles. The zero-order valence-electron chi connectivity index (χ0n) is 18.2. The lowest BCUT2D eigenvalue weighted by Crippen LogP contribution is -2.25. The molecule has 0 radical (unpaired) electrons. The number of rotatable bonds is 7. The van der Waals surface area contributed by atoms with Crippen molar-refractivity contribution >= 4 is 34.8 Å². The molecule has 0 aliphatic rings. The van der Waals surface area contributed by atoms with E-state index < -0.39 is 6.04 Å². The van der Waals surface area contributed by atoms with E-state index >= 15 is 0 Å². The molecule has 1 unspecified atom stereocenters. The van der Waals surface area contributed by atoms with E-state index in [9.17, 15) is 9.59 Å². The van der Waals surface area contributed by atoms with Crippen LogP contribution >= 0.6 is 11.6 Å². The van der Waals surface area contributed by atoms with Gasteiger partial charge in [0.1, 0.15) is 6.04 Å². The smallest absolute Gasteiger partial charge is 0.248 e. The fraction of sp³-hybridized carbons (Fsp3) is 0.292. The molecule has 0 aliphatic heterocycles. The van der Waals surface area contributed by atoms with E-state index in [-0.39, 0.29) is 11.8 Å². The Bertz CT molecular complexity index is 1110. The Kier molecular flexibility index (Phi) is 7.13. The third-order valence-corrected chi connectivity index (χ3v) is 5.34. The van der Waals surface area contributed by atoms with Crippen molar-refractivity contribution < 1.29 is 9.59 Å². The molecule has 0 saturated heterocycles. The van der Waals surface area contributed by atoms with Crippen LogP contribution in [-0.4, -0.2) is 21.6 Å². The molecule has 162 valence electrons. The number of carbonyl (C=O) groups excluding carboxylic acids is 2. The topological polar surface area (TPSA) is 76.0 Å². The van der Waals surface area contributed by atoms with Gasteiger partial charge < -0.3 is 10.6 Å². The first-order chi connectivity index (χ1) is 14.7. The van der Waals surface area contributed by atoms with Crippen LogP contribution < -0.4 is 10.6 Å². The highest BCUT2D eigenvalue weighted by molar-refractivity contribution is 6.34. The second-order valence-corrected chi connectivity index (χ2v) is 8.18. The van der Waals surface area contributed by atoms with Gasteiger partial charge in [0, 0.05) is 17.8 Å². The summed E-state index contributed by atoms with van der Waals surface area (Å²) in [6, 6.07) is 14.6. The van der Waals surface area contributed by atoms with Crippen LogP contribution in [-0.2, 0) is 16.0 Å². The zero-order valence-corrected chi connectivity index (χ0v) is 19.0. The average Bonchev–Trinajstić information content (AvgIpc) is 3.06. The molecule has 1 atom stereocenters. The lowest BCUT2D eigenvalue weighted by molar-refractivity contribution is -0.119. The number of aryl methyl sites for hydroxylation is 4. The van der Waals surface area contributed by atoms with Crippen molar-refractivity contribution in [3.05, 3.63) is 76.1 Å². The first kappa shape index (κ1) is 22.6. The number of aromatic nitrogens is 2. The molecule has 0 bridgehead atoms. The monoisotopic (exact) mass is 438 g/mol. The molecule has 1 heterocycles. The highest BCUT2D eigenvalue weighted by atomic mass is 35.5. The maximum atomic E-state index is 12.6. The normalized spacial score (nSPS) is 11.8. The van der Waals surface area contributed by atoms with Crippen molar-refractivity contribution in [1.82, 2.24) is 9.78 Å². The lowest BCUT2D eigenvalue weighted by Gasteiger charge is -2.16. The van der Waals surface area contributed by atoms with E-state index in [1.807, 2.05) is 45.0 Å². The fourth-order valence-electron chi connectivity index (χ4n) is 3.43. The number of nitrogens with one attached hydrogen (secondary N) is 2. The van der Waals surface area contributed by atoms with Crippen LogP contribution in [0.25, 0.3) is 0 Å². The summed E-state index contributed by atoms with van der Waals surface area (Å²) in [5.74, 6) is -0.310. The molecule has 31 heavy (non-hydrogen) atoms. The summed E-state index contributed by atoms with van der Waals surface area (Å²) in [7, 11) is 0. The van der Waals surface area contributed by atoms with E-state index in [4.69, 9.17) is 11.6 Å². The van der Waals surface area contributed by atoms with Crippen LogP contribution in [0.5, 0.6) is 0 Å². The van der Waals surface area contributed by atoms with Gasteiger partial charge in [0.25, 0.3) is 0 Å². The molecule has 0 spiro atoms. The first-order valence-corrected chi connectivity index (χ1v) is 10.6. The Hall–Kier alpha value is -3.12. The summed E-state index contributed by atoms with van der Waals surface area (Å²) >= 11 is 6.34. The van der Waals surface area contributed by atoms with Crippen molar-refractivity contribution in [2.75, 3.05) is 10.6 Å². The van der Waals surface area contributed by atoms with Crippen molar-refractivity contribution in [1.29, 1.82) is 0 Å².